The van der Waals surface area contributed by atoms with Gasteiger partial charge in [0.1, 0.15) is 0 Å². The van der Waals surface area contributed by atoms with Gasteiger partial charge in [0.25, 0.3) is 0 Å². The molecule has 1 fully saturated rings. The van der Waals surface area contributed by atoms with Crippen molar-refractivity contribution in [2.45, 2.75) is 45.8 Å². The molecular weight excluding hydrogens is 312 g/mol. The van der Waals surface area contributed by atoms with Crippen LogP contribution in [0.5, 0.6) is 0 Å². The predicted octanol–water partition coefficient (Wildman–Crippen LogP) is 1.07. The SMILES string of the molecule is CC(C)CC(C)OCCC(=O)N1CCOC(CN(C)CC(=O)O)C1. The lowest BCUT2D eigenvalue weighted by atomic mass is 10.1. The first-order valence-electron chi connectivity index (χ1n) is 8.69. The van der Waals surface area contributed by atoms with Crippen molar-refractivity contribution in [1.29, 1.82) is 0 Å². The molecule has 0 aliphatic carbocycles. The molecular formula is C17H32N2O5. The van der Waals surface area contributed by atoms with Crippen molar-refractivity contribution in [3.8, 4) is 0 Å². The lowest BCUT2D eigenvalue weighted by Gasteiger charge is -2.34. The highest BCUT2D eigenvalue weighted by molar-refractivity contribution is 5.76. The highest BCUT2D eigenvalue weighted by atomic mass is 16.5. The molecule has 24 heavy (non-hydrogen) atoms. The molecule has 0 aromatic carbocycles. The Morgan fingerprint density at radius 3 is 2.71 bits per heavy atom. The Morgan fingerprint density at radius 1 is 1.38 bits per heavy atom. The van der Waals surface area contributed by atoms with Crippen LogP contribution in [0.3, 0.4) is 0 Å². The maximum absolute atomic E-state index is 12.3. The number of amides is 1. The minimum atomic E-state index is -0.867. The third-order valence-corrected chi connectivity index (χ3v) is 3.93. The average Bonchev–Trinajstić information content (AvgIpc) is 2.45. The molecule has 2 unspecified atom stereocenters. The van der Waals surface area contributed by atoms with Crippen LogP contribution in [0.4, 0.5) is 0 Å². The number of ether oxygens (including phenoxy) is 2. The van der Waals surface area contributed by atoms with Crippen molar-refractivity contribution >= 4 is 11.9 Å². The van der Waals surface area contributed by atoms with Crippen molar-refractivity contribution in [3.63, 3.8) is 0 Å². The molecule has 0 bridgehead atoms. The van der Waals surface area contributed by atoms with Crippen molar-refractivity contribution in [2.24, 2.45) is 5.92 Å². The summed E-state index contributed by atoms with van der Waals surface area (Å²) in [5.41, 5.74) is 0. The molecule has 7 heteroatoms. The Labute approximate surface area is 144 Å². The van der Waals surface area contributed by atoms with E-state index < -0.39 is 5.97 Å². The summed E-state index contributed by atoms with van der Waals surface area (Å²) in [6.45, 7) is 8.82. The Hall–Kier alpha value is -1.18. The molecule has 1 saturated heterocycles. The second kappa shape index (κ2) is 10.6. The minimum Gasteiger partial charge on any atom is -0.480 e. The number of carboxylic acids is 1. The van der Waals surface area contributed by atoms with Crippen LogP contribution in [0.2, 0.25) is 0 Å². The summed E-state index contributed by atoms with van der Waals surface area (Å²) in [7, 11) is 1.74. The van der Waals surface area contributed by atoms with E-state index in [0.29, 0.717) is 45.2 Å². The van der Waals surface area contributed by atoms with Gasteiger partial charge in [0, 0.05) is 19.6 Å². The van der Waals surface area contributed by atoms with Crippen molar-refractivity contribution in [2.75, 3.05) is 46.4 Å². The van der Waals surface area contributed by atoms with Gasteiger partial charge in [-0.05, 0) is 26.3 Å². The Bertz CT molecular complexity index is 402. The van der Waals surface area contributed by atoms with Crippen LogP contribution in [0.15, 0.2) is 0 Å². The molecule has 0 radical (unpaired) electrons. The number of carboxylic acid groups (broad SMARTS) is 1. The fourth-order valence-corrected chi connectivity index (χ4v) is 2.94. The third-order valence-electron chi connectivity index (χ3n) is 3.93. The van der Waals surface area contributed by atoms with Gasteiger partial charge in [-0.15, -0.1) is 0 Å². The number of carbonyl (C=O) groups is 2. The zero-order valence-corrected chi connectivity index (χ0v) is 15.4. The van der Waals surface area contributed by atoms with Crippen molar-refractivity contribution in [3.05, 3.63) is 0 Å². The van der Waals surface area contributed by atoms with E-state index in [-0.39, 0.29) is 24.7 Å². The van der Waals surface area contributed by atoms with Crippen LogP contribution >= 0.6 is 0 Å². The summed E-state index contributed by atoms with van der Waals surface area (Å²) in [5.74, 6) is -0.215. The van der Waals surface area contributed by atoms with Crippen molar-refractivity contribution < 1.29 is 24.2 Å². The molecule has 1 aliphatic heterocycles. The molecule has 2 atom stereocenters. The molecule has 1 N–H and O–H groups in total. The number of morpholine rings is 1. The van der Waals surface area contributed by atoms with Crippen LogP contribution in [0.25, 0.3) is 0 Å². The molecule has 1 heterocycles. The fourth-order valence-electron chi connectivity index (χ4n) is 2.94. The molecule has 0 saturated carbocycles. The number of hydrogen-bond acceptors (Lipinski definition) is 5. The summed E-state index contributed by atoms with van der Waals surface area (Å²) in [6.07, 6.45) is 1.39. The lowest BCUT2D eigenvalue weighted by molar-refractivity contribution is -0.143. The average molecular weight is 344 g/mol. The van der Waals surface area contributed by atoms with Gasteiger partial charge < -0.3 is 19.5 Å². The van der Waals surface area contributed by atoms with E-state index in [2.05, 4.69) is 13.8 Å². The predicted molar refractivity (Wildman–Crippen MR) is 90.9 cm³/mol. The smallest absolute Gasteiger partial charge is 0.317 e. The molecule has 1 amide bonds. The summed E-state index contributed by atoms with van der Waals surface area (Å²) in [4.78, 5) is 26.5. The molecule has 1 rings (SSSR count). The third kappa shape index (κ3) is 8.61. The zero-order chi connectivity index (χ0) is 18.1. The van der Waals surface area contributed by atoms with Gasteiger partial charge in [-0.1, -0.05) is 13.8 Å². The van der Waals surface area contributed by atoms with Crippen LogP contribution in [-0.2, 0) is 19.1 Å². The summed E-state index contributed by atoms with van der Waals surface area (Å²) in [6, 6.07) is 0. The number of aliphatic carboxylic acids is 1. The fraction of sp³-hybridized carbons (Fsp3) is 0.882. The molecule has 1 aliphatic rings. The number of likely N-dealkylation sites (N-methyl/N-ethyl adjacent to an activating group) is 1. The van der Waals surface area contributed by atoms with Crippen LogP contribution < -0.4 is 0 Å². The van der Waals surface area contributed by atoms with Gasteiger partial charge in [0.15, 0.2) is 0 Å². The summed E-state index contributed by atoms with van der Waals surface area (Å²) >= 11 is 0. The topological polar surface area (TPSA) is 79.3 Å². The first kappa shape index (κ1) is 20.9. The maximum atomic E-state index is 12.3. The minimum absolute atomic E-state index is 0.0324. The van der Waals surface area contributed by atoms with Gasteiger partial charge in [-0.3, -0.25) is 14.5 Å². The first-order valence-corrected chi connectivity index (χ1v) is 8.69. The Balaban J connectivity index is 2.30. The largest absolute Gasteiger partial charge is 0.480 e. The Morgan fingerprint density at radius 2 is 2.08 bits per heavy atom. The number of hydrogen-bond donors (Lipinski definition) is 1. The quantitative estimate of drug-likeness (QED) is 0.639. The monoisotopic (exact) mass is 344 g/mol. The van der Waals surface area contributed by atoms with Gasteiger partial charge >= 0.3 is 5.97 Å². The van der Waals surface area contributed by atoms with Gasteiger partial charge in [-0.25, -0.2) is 0 Å². The molecule has 0 aromatic rings. The standard InChI is InChI=1S/C17H32N2O5/c1-13(2)9-14(3)23-7-5-16(20)19-6-8-24-15(11-19)10-18(4)12-17(21)22/h13-15H,5-12H2,1-4H3,(H,21,22). The normalized spacial score (nSPS) is 19.8. The van der Waals surface area contributed by atoms with Gasteiger partial charge in [0.2, 0.25) is 5.91 Å². The Kier molecular flexibility index (Phi) is 9.25. The van der Waals surface area contributed by atoms with E-state index in [9.17, 15) is 9.59 Å². The van der Waals surface area contributed by atoms with Gasteiger partial charge in [0.05, 0.1) is 38.4 Å². The highest BCUT2D eigenvalue weighted by Crippen LogP contribution is 2.10. The van der Waals surface area contributed by atoms with E-state index in [1.165, 1.54) is 0 Å². The van der Waals surface area contributed by atoms with Crippen molar-refractivity contribution in [1.82, 2.24) is 9.80 Å². The maximum Gasteiger partial charge on any atom is 0.317 e. The van der Waals surface area contributed by atoms with Gasteiger partial charge in [-0.2, -0.15) is 0 Å². The zero-order valence-electron chi connectivity index (χ0n) is 15.4. The lowest BCUT2D eigenvalue weighted by Crippen LogP contribution is -2.49. The van der Waals surface area contributed by atoms with E-state index in [1.54, 1.807) is 16.8 Å². The van der Waals surface area contributed by atoms with E-state index in [0.717, 1.165) is 6.42 Å². The van der Waals surface area contributed by atoms with E-state index in [4.69, 9.17) is 14.6 Å². The van der Waals surface area contributed by atoms with Crippen LogP contribution in [0.1, 0.15) is 33.6 Å². The van der Waals surface area contributed by atoms with Crippen LogP contribution in [0, 0.1) is 5.92 Å². The number of nitrogens with zero attached hydrogens (tertiary/aromatic N) is 2. The summed E-state index contributed by atoms with van der Waals surface area (Å²) < 4.78 is 11.3. The molecule has 0 aromatic heterocycles. The molecule has 0 spiro atoms. The second-order valence-electron chi connectivity index (χ2n) is 6.98. The highest BCUT2D eigenvalue weighted by Gasteiger charge is 2.25. The van der Waals surface area contributed by atoms with E-state index >= 15 is 0 Å². The molecule has 7 nitrogen and oxygen atoms in total. The first-order chi connectivity index (χ1) is 11.3. The van der Waals surface area contributed by atoms with E-state index in [1.807, 2.05) is 6.92 Å². The number of rotatable bonds is 10. The van der Waals surface area contributed by atoms with Crippen LogP contribution in [-0.4, -0.2) is 85.4 Å². The number of carbonyl (C=O) groups excluding carboxylic acids is 1. The molecule has 140 valence electrons. The summed E-state index contributed by atoms with van der Waals surface area (Å²) in [5, 5.41) is 8.79. The second-order valence-corrected chi connectivity index (χ2v) is 6.98.